The highest BCUT2D eigenvalue weighted by Crippen LogP contribution is 2.22. The van der Waals surface area contributed by atoms with Crippen LogP contribution < -0.4 is 0 Å². The third-order valence-electron chi connectivity index (χ3n) is 2.67. The van der Waals surface area contributed by atoms with Gasteiger partial charge in [-0.3, -0.25) is 0 Å². The van der Waals surface area contributed by atoms with E-state index in [9.17, 15) is 25.2 Å². The van der Waals surface area contributed by atoms with Crippen LogP contribution >= 0.6 is 0 Å². The lowest BCUT2D eigenvalue weighted by atomic mass is 9.99. The van der Waals surface area contributed by atoms with Crippen LogP contribution in [0.2, 0.25) is 0 Å². The molecule has 1 saturated heterocycles. The molecule has 1 rings (SSSR count). The fourth-order valence-electron chi connectivity index (χ4n) is 1.59. The van der Waals surface area contributed by atoms with E-state index < -0.39 is 43.4 Å². The van der Waals surface area contributed by atoms with Crippen molar-refractivity contribution in [2.75, 3.05) is 13.2 Å². The molecule has 8 heteroatoms. The van der Waals surface area contributed by atoms with E-state index in [1.54, 1.807) is 0 Å². The summed E-state index contributed by atoms with van der Waals surface area (Å²) in [5, 5.41) is 46.7. The molecule has 1 fully saturated rings. The van der Waals surface area contributed by atoms with Gasteiger partial charge in [-0.2, -0.15) is 0 Å². The Kier molecular flexibility index (Phi) is 6.09. The molecular weight excluding hydrogens is 248 g/mol. The van der Waals surface area contributed by atoms with Crippen LogP contribution in [0.4, 0.5) is 0 Å². The lowest BCUT2D eigenvalue weighted by Crippen LogP contribution is -2.59. The SMILES string of the molecule is O=CCC(O)CO[C@H]1O[C@H](CO)[C@@H](O)[C@H](O)[C@H]1O. The summed E-state index contributed by atoms with van der Waals surface area (Å²) in [6.07, 6.45) is -7.49. The Morgan fingerprint density at radius 3 is 2.44 bits per heavy atom. The van der Waals surface area contributed by atoms with E-state index in [4.69, 9.17) is 14.6 Å². The van der Waals surface area contributed by atoms with Crippen LogP contribution in [-0.4, -0.2) is 81.8 Å². The Labute approximate surface area is 103 Å². The minimum atomic E-state index is -1.52. The van der Waals surface area contributed by atoms with E-state index in [1.165, 1.54) is 0 Å². The Hall–Kier alpha value is -0.610. The van der Waals surface area contributed by atoms with Gasteiger partial charge >= 0.3 is 0 Å². The van der Waals surface area contributed by atoms with Gasteiger partial charge in [0.25, 0.3) is 0 Å². The predicted octanol–water partition coefficient (Wildman–Crippen LogP) is -3.25. The van der Waals surface area contributed by atoms with Crippen LogP contribution in [0.5, 0.6) is 0 Å². The van der Waals surface area contributed by atoms with Gasteiger partial charge < -0.3 is 39.8 Å². The van der Waals surface area contributed by atoms with Gasteiger partial charge in [-0.25, -0.2) is 0 Å². The van der Waals surface area contributed by atoms with Crippen LogP contribution in [0.25, 0.3) is 0 Å². The van der Waals surface area contributed by atoms with E-state index in [2.05, 4.69) is 0 Å². The van der Waals surface area contributed by atoms with Gasteiger partial charge in [0.15, 0.2) is 6.29 Å². The standard InChI is InChI=1S/C10H18O8/c11-2-1-5(13)4-17-10-9(16)8(15)7(14)6(3-12)18-10/h2,5-10,12-16H,1,3-4H2/t5?,6-,7-,8+,9-,10+/m1/s1. The van der Waals surface area contributed by atoms with Gasteiger partial charge in [-0.15, -0.1) is 0 Å². The highest BCUT2D eigenvalue weighted by Gasteiger charge is 2.44. The molecular formula is C10H18O8. The van der Waals surface area contributed by atoms with Crippen molar-refractivity contribution in [2.24, 2.45) is 0 Å². The van der Waals surface area contributed by atoms with Crippen LogP contribution in [0.3, 0.4) is 0 Å². The van der Waals surface area contributed by atoms with Gasteiger partial charge in [0.1, 0.15) is 30.7 Å². The molecule has 0 aromatic heterocycles. The largest absolute Gasteiger partial charge is 0.394 e. The topological polar surface area (TPSA) is 137 Å². The van der Waals surface area contributed by atoms with E-state index in [0.29, 0.717) is 6.29 Å². The molecule has 0 amide bonds. The van der Waals surface area contributed by atoms with E-state index >= 15 is 0 Å². The zero-order chi connectivity index (χ0) is 13.7. The maximum Gasteiger partial charge on any atom is 0.186 e. The summed E-state index contributed by atoms with van der Waals surface area (Å²) < 4.78 is 10.0. The van der Waals surface area contributed by atoms with Crippen molar-refractivity contribution in [3.05, 3.63) is 0 Å². The number of aliphatic hydroxyl groups is 5. The first-order chi connectivity index (χ1) is 8.51. The second-order valence-corrected chi connectivity index (χ2v) is 4.09. The Morgan fingerprint density at radius 1 is 1.22 bits per heavy atom. The number of aldehydes is 1. The van der Waals surface area contributed by atoms with E-state index in [1.807, 2.05) is 0 Å². The summed E-state index contributed by atoms with van der Waals surface area (Å²) >= 11 is 0. The lowest BCUT2D eigenvalue weighted by molar-refractivity contribution is -0.304. The molecule has 0 saturated carbocycles. The van der Waals surface area contributed by atoms with Crippen molar-refractivity contribution in [3.8, 4) is 0 Å². The fraction of sp³-hybridized carbons (Fsp3) is 0.900. The molecule has 0 bridgehead atoms. The third kappa shape index (κ3) is 3.69. The molecule has 1 aliphatic rings. The van der Waals surface area contributed by atoms with Gasteiger partial charge in [0.05, 0.1) is 19.3 Å². The molecule has 0 aromatic rings. The Balaban J connectivity index is 2.51. The number of carbonyl (C=O) groups is 1. The second kappa shape index (κ2) is 7.10. The normalized spacial score (nSPS) is 38.4. The molecule has 0 spiro atoms. The molecule has 1 aliphatic heterocycles. The number of hydrogen-bond donors (Lipinski definition) is 5. The summed E-state index contributed by atoms with van der Waals surface area (Å²) in [4.78, 5) is 10.1. The molecule has 0 aliphatic carbocycles. The van der Waals surface area contributed by atoms with Crippen LogP contribution in [0.1, 0.15) is 6.42 Å². The molecule has 106 valence electrons. The highest BCUT2D eigenvalue weighted by atomic mass is 16.7. The minimum Gasteiger partial charge on any atom is -0.394 e. The summed E-state index contributed by atoms with van der Waals surface area (Å²) in [6, 6.07) is 0. The second-order valence-electron chi connectivity index (χ2n) is 4.09. The number of carbonyl (C=O) groups excluding carboxylic acids is 1. The summed E-state index contributed by atoms with van der Waals surface area (Å²) in [6.45, 7) is -0.830. The van der Waals surface area contributed by atoms with Crippen LogP contribution in [0.15, 0.2) is 0 Å². The van der Waals surface area contributed by atoms with Crippen molar-refractivity contribution in [2.45, 2.75) is 43.2 Å². The van der Waals surface area contributed by atoms with Gasteiger partial charge in [0.2, 0.25) is 0 Å². The summed E-state index contributed by atoms with van der Waals surface area (Å²) in [5.74, 6) is 0. The fourth-order valence-corrected chi connectivity index (χ4v) is 1.59. The summed E-state index contributed by atoms with van der Waals surface area (Å²) in [5.41, 5.74) is 0. The van der Waals surface area contributed by atoms with Crippen molar-refractivity contribution < 1.29 is 39.8 Å². The van der Waals surface area contributed by atoms with E-state index in [0.717, 1.165) is 0 Å². The van der Waals surface area contributed by atoms with Crippen molar-refractivity contribution >= 4 is 6.29 Å². The maximum absolute atomic E-state index is 10.1. The van der Waals surface area contributed by atoms with Gasteiger partial charge in [0, 0.05) is 6.42 Å². The smallest absolute Gasteiger partial charge is 0.186 e. The molecule has 1 unspecified atom stereocenters. The Morgan fingerprint density at radius 2 is 1.89 bits per heavy atom. The van der Waals surface area contributed by atoms with Crippen LogP contribution in [-0.2, 0) is 14.3 Å². The van der Waals surface area contributed by atoms with Crippen molar-refractivity contribution in [3.63, 3.8) is 0 Å². The molecule has 5 N–H and O–H groups in total. The molecule has 18 heavy (non-hydrogen) atoms. The first kappa shape index (κ1) is 15.4. The van der Waals surface area contributed by atoms with Gasteiger partial charge in [-0.1, -0.05) is 0 Å². The van der Waals surface area contributed by atoms with E-state index in [-0.39, 0.29) is 13.0 Å². The summed E-state index contributed by atoms with van der Waals surface area (Å²) in [7, 11) is 0. The minimum absolute atomic E-state index is 0.128. The quantitative estimate of drug-likeness (QED) is 0.316. The average Bonchev–Trinajstić information content (AvgIpc) is 2.35. The monoisotopic (exact) mass is 266 g/mol. The molecule has 8 nitrogen and oxygen atoms in total. The highest BCUT2D eigenvalue weighted by molar-refractivity contribution is 5.49. The van der Waals surface area contributed by atoms with Crippen molar-refractivity contribution in [1.82, 2.24) is 0 Å². The third-order valence-corrected chi connectivity index (χ3v) is 2.67. The predicted molar refractivity (Wildman–Crippen MR) is 56.4 cm³/mol. The van der Waals surface area contributed by atoms with Gasteiger partial charge in [-0.05, 0) is 0 Å². The Bertz CT molecular complexity index is 258. The number of hydrogen-bond acceptors (Lipinski definition) is 8. The zero-order valence-corrected chi connectivity index (χ0v) is 9.62. The van der Waals surface area contributed by atoms with Crippen molar-refractivity contribution in [1.29, 1.82) is 0 Å². The first-order valence-corrected chi connectivity index (χ1v) is 5.55. The maximum atomic E-state index is 10.1. The molecule has 1 heterocycles. The zero-order valence-electron chi connectivity index (χ0n) is 9.62. The first-order valence-electron chi connectivity index (χ1n) is 5.55. The average molecular weight is 266 g/mol. The number of rotatable bonds is 6. The number of aliphatic hydroxyl groups excluding tert-OH is 5. The molecule has 0 radical (unpaired) electrons. The lowest BCUT2D eigenvalue weighted by Gasteiger charge is -2.39. The molecule has 0 aromatic carbocycles. The van der Waals surface area contributed by atoms with Crippen LogP contribution in [0, 0.1) is 0 Å². The number of ether oxygens (including phenoxy) is 2. The molecule has 6 atom stereocenters.